The number of rotatable bonds is 9. The Morgan fingerprint density at radius 3 is 2.55 bits per heavy atom. The van der Waals surface area contributed by atoms with Crippen molar-refractivity contribution in [2.75, 3.05) is 39.8 Å². The Morgan fingerprint density at radius 2 is 1.77 bits per heavy atom. The Kier molecular flexibility index (Phi) is 7.17. The number of likely N-dealkylation sites (N-methyl/N-ethyl adjacent to an activating group) is 1. The summed E-state index contributed by atoms with van der Waals surface area (Å²) in [4.78, 5) is 4.87. The molecule has 0 saturated carbocycles. The Hall–Kier alpha value is -2.48. The molecule has 3 aromatic rings. The second-order valence-corrected chi connectivity index (χ2v) is 8.63. The minimum absolute atomic E-state index is 0.0359. The minimum Gasteiger partial charge on any atom is -0.489 e. The highest BCUT2D eigenvalue weighted by Gasteiger charge is 2.16. The van der Waals surface area contributed by atoms with Gasteiger partial charge in [-0.15, -0.1) is 10.2 Å². The fourth-order valence-electron chi connectivity index (χ4n) is 4.06. The van der Waals surface area contributed by atoms with E-state index in [0.717, 1.165) is 69.2 Å². The van der Waals surface area contributed by atoms with Gasteiger partial charge in [-0.3, -0.25) is 4.40 Å². The van der Waals surface area contributed by atoms with Crippen molar-refractivity contribution in [3.63, 3.8) is 0 Å². The van der Waals surface area contributed by atoms with Gasteiger partial charge in [0.25, 0.3) is 0 Å². The number of pyridine rings is 1. The number of aromatic nitrogens is 3. The van der Waals surface area contributed by atoms with Gasteiger partial charge in [0.2, 0.25) is 0 Å². The number of benzene rings is 1. The molecule has 1 fully saturated rings. The molecule has 1 aliphatic heterocycles. The minimum atomic E-state index is 0.0359. The second-order valence-electron chi connectivity index (χ2n) is 8.63. The van der Waals surface area contributed by atoms with Gasteiger partial charge in [-0.25, -0.2) is 0 Å². The lowest BCUT2D eigenvalue weighted by molar-refractivity contribution is 0.155. The SMILES string of the molecule is C[C@@H](CC[C@H](N)c1ccccc1)Oc1ccc2nnc(CCN3CCN(C)CC3)n2c1. The number of nitrogens with two attached hydrogens (primary N) is 1. The van der Waals surface area contributed by atoms with Crippen LogP contribution < -0.4 is 10.5 Å². The van der Waals surface area contributed by atoms with Crippen molar-refractivity contribution in [3.05, 3.63) is 60.0 Å². The van der Waals surface area contributed by atoms with Crippen LogP contribution in [-0.4, -0.2) is 70.3 Å². The van der Waals surface area contributed by atoms with Crippen LogP contribution in [0.15, 0.2) is 48.7 Å². The second kappa shape index (κ2) is 10.2. The zero-order chi connectivity index (χ0) is 21.6. The third-order valence-corrected chi connectivity index (χ3v) is 6.14. The Bertz CT molecular complexity index is 951. The third-order valence-electron chi connectivity index (χ3n) is 6.14. The van der Waals surface area contributed by atoms with E-state index in [2.05, 4.69) is 50.5 Å². The normalized spacial score (nSPS) is 17.6. The topological polar surface area (TPSA) is 71.9 Å². The van der Waals surface area contributed by atoms with Crippen molar-refractivity contribution < 1.29 is 4.74 Å². The predicted octanol–water partition coefficient (Wildman–Crippen LogP) is 2.77. The highest BCUT2D eigenvalue weighted by Crippen LogP contribution is 2.20. The summed E-state index contributed by atoms with van der Waals surface area (Å²) < 4.78 is 8.25. The van der Waals surface area contributed by atoms with E-state index in [9.17, 15) is 0 Å². The number of nitrogens with zero attached hydrogens (tertiary/aromatic N) is 5. The maximum Gasteiger partial charge on any atom is 0.161 e. The average Bonchev–Trinajstić information content (AvgIpc) is 3.20. The molecule has 1 aliphatic rings. The van der Waals surface area contributed by atoms with Gasteiger partial charge in [-0.05, 0) is 44.5 Å². The molecule has 0 bridgehead atoms. The fraction of sp³-hybridized carbons (Fsp3) is 0.500. The number of hydrogen-bond acceptors (Lipinski definition) is 6. The molecule has 0 aliphatic carbocycles. The van der Waals surface area contributed by atoms with Crippen molar-refractivity contribution in [2.24, 2.45) is 5.73 Å². The fourth-order valence-corrected chi connectivity index (χ4v) is 4.06. The quantitative estimate of drug-likeness (QED) is 0.572. The highest BCUT2D eigenvalue weighted by molar-refractivity contribution is 5.41. The maximum atomic E-state index is 6.34. The van der Waals surface area contributed by atoms with Gasteiger partial charge in [-0.1, -0.05) is 30.3 Å². The largest absolute Gasteiger partial charge is 0.489 e. The molecule has 2 aromatic heterocycles. The van der Waals surface area contributed by atoms with E-state index in [4.69, 9.17) is 10.5 Å². The summed E-state index contributed by atoms with van der Waals surface area (Å²) in [5.74, 6) is 1.83. The van der Waals surface area contributed by atoms with Crippen LogP contribution in [0.25, 0.3) is 5.65 Å². The van der Waals surface area contributed by atoms with Gasteiger partial charge in [0.1, 0.15) is 11.6 Å². The molecule has 31 heavy (non-hydrogen) atoms. The lowest BCUT2D eigenvalue weighted by Crippen LogP contribution is -2.45. The summed E-state index contributed by atoms with van der Waals surface area (Å²) >= 11 is 0. The smallest absolute Gasteiger partial charge is 0.161 e. The van der Waals surface area contributed by atoms with Crippen molar-refractivity contribution >= 4 is 5.65 Å². The van der Waals surface area contributed by atoms with Crippen LogP contribution in [-0.2, 0) is 6.42 Å². The first-order valence-corrected chi connectivity index (χ1v) is 11.3. The number of piperazine rings is 1. The highest BCUT2D eigenvalue weighted by atomic mass is 16.5. The zero-order valence-corrected chi connectivity index (χ0v) is 18.7. The van der Waals surface area contributed by atoms with Crippen LogP contribution in [0.3, 0.4) is 0 Å². The predicted molar refractivity (Wildman–Crippen MR) is 123 cm³/mol. The van der Waals surface area contributed by atoms with Crippen LogP contribution in [0.4, 0.5) is 0 Å². The van der Waals surface area contributed by atoms with Crippen LogP contribution in [0.2, 0.25) is 0 Å². The van der Waals surface area contributed by atoms with Crippen molar-refractivity contribution in [1.29, 1.82) is 0 Å². The number of hydrogen-bond donors (Lipinski definition) is 1. The number of ether oxygens (including phenoxy) is 1. The molecule has 0 amide bonds. The van der Waals surface area contributed by atoms with Crippen molar-refractivity contribution in [1.82, 2.24) is 24.4 Å². The summed E-state index contributed by atoms with van der Waals surface area (Å²) in [6.45, 7) is 7.60. The molecule has 2 N–H and O–H groups in total. The Morgan fingerprint density at radius 1 is 1.00 bits per heavy atom. The first kappa shape index (κ1) is 21.7. The van der Waals surface area contributed by atoms with E-state index >= 15 is 0 Å². The molecular weight excluding hydrogens is 388 g/mol. The van der Waals surface area contributed by atoms with Gasteiger partial charge in [0.05, 0.1) is 12.3 Å². The van der Waals surface area contributed by atoms with Crippen molar-refractivity contribution in [2.45, 2.75) is 38.3 Å². The first-order valence-electron chi connectivity index (χ1n) is 11.3. The summed E-state index contributed by atoms with van der Waals surface area (Å²) in [5.41, 5.74) is 8.37. The molecule has 0 radical (unpaired) electrons. The maximum absolute atomic E-state index is 6.34. The van der Waals surface area contributed by atoms with Crippen LogP contribution in [0.1, 0.15) is 37.2 Å². The summed E-state index contributed by atoms with van der Waals surface area (Å²) in [5, 5.41) is 8.73. The summed E-state index contributed by atoms with van der Waals surface area (Å²) in [6.07, 6.45) is 4.76. The van der Waals surface area contributed by atoms with Gasteiger partial charge in [0.15, 0.2) is 5.65 Å². The first-order chi connectivity index (χ1) is 15.1. The molecule has 1 saturated heterocycles. The molecule has 3 heterocycles. The van der Waals surface area contributed by atoms with Crippen LogP contribution in [0, 0.1) is 0 Å². The van der Waals surface area contributed by atoms with Crippen molar-refractivity contribution in [3.8, 4) is 5.75 Å². The van der Waals surface area contributed by atoms with Gasteiger partial charge >= 0.3 is 0 Å². The van der Waals surface area contributed by atoms with Gasteiger partial charge < -0.3 is 20.3 Å². The molecule has 4 rings (SSSR count). The Balaban J connectivity index is 1.32. The molecule has 166 valence electrons. The van der Waals surface area contributed by atoms with Gasteiger partial charge in [0, 0.05) is 45.2 Å². The lowest BCUT2D eigenvalue weighted by atomic mass is 10.0. The average molecular weight is 423 g/mol. The molecule has 2 atom stereocenters. The monoisotopic (exact) mass is 422 g/mol. The van der Waals surface area contributed by atoms with E-state index in [1.807, 2.05) is 36.5 Å². The molecule has 0 spiro atoms. The summed E-state index contributed by atoms with van der Waals surface area (Å²) in [6, 6.07) is 14.2. The van der Waals surface area contributed by atoms with E-state index in [0.29, 0.717) is 0 Å². The molecule has 7 heteroatoms. The standard InChI is InChI=1S/C24H34N6O/c1-19(8-10-22(25)20-6-4-3-5-7-20)31-21-9-11-23-26-27-24(30(23)18-21)12-13-29-16-14-28(2)15-17-29/h3-7,9,11,18-19,22H,8,10,12-17,25H2,1-2H3/t19-,22-/m0/s1. The summed E-state index contributed by atoms with van der Waals surface area (Å²) in [7, 11) is 2.18. The Labute approximate surface area is 184 Å². The number of fused-ring (bicyclic) bond motifs is 1. The molecule has 7 nitrogen and oxygen atoms in total. The van der Waals surface area contributed by atoms with E-state index in [1.54, 1.807) is 0 Å². The van der Waals surface area contributed by atoms with E-state index in [1.165, 1.54) is 5.56 Å². The lowest BCUT2D eigenvalue weighted by Gasteiger charge is -2.32. The van der Waals surface area contributed by atoms with E-state index < -0.39 is 0 Å². The van der Waals surface area contributed by atoms with Gasteiger partial charge in [-0.2, -0.15) is 0 Å². The zero-order valence-electron chi connectivity index (χ0n) is 18.7. The molecule has 1 aromatic carbocycles. The van der Waals surface area contributed by atoms with Crippen LogP contribution in [0.5, 0.6) is 5.75 Å². The molecular formula is C24H34N6O. The molecule has 0 unspecified atom stereocenters. The van der Waals surface area contributed by atoms with E-state index in [-0.39, 0.29) is 12.1 Å². The third kappa shape index (κ3) is 5.81. The van der Waals surface area contributed by atoms with Crippen LogP contribution >= 0.6 is 0 Å².